The lowest BCUT2D eigenvalue weighted by Crippen LogP contribution is -2.37. The minimum absolute atomic E-state index is 0.0747. The molecule has 1 fully saturated rings. The summed E-state index contributed by atoms with van der Waals surface area (Å²) in [5, 5.41) is 5.86. The molecule has 1 atom stereocenters. The highest BCUT2D eigenvalue weighted by molar-refractivity contribution is 5.97. The quantitative estimate of drug-likeness (QED) is 0.104. The van der Waals surface area contributed by atoms with Crippen LogP contribution in [-0.4, -0.2) is 77.0 Å². The number of carbonyl (C=O) groups excluding carboxylic acids is 3. The van der Waals surface area contributed by atoms with Crippen molar-refractivity contribution >= 4 is 34.5 Å². The van der Waals surface area contributed by atoms with Gasteiger partial charge in [0.05, 0.1) is 17.6 Å². The van der Waals surface area contributed by atoms with Gasteiger partial charge in [-0.15, -0.1) is 0 Å². The number of nitrogens with zero attached hydrogens (tertiary/aromatic N) is 2. The molecule has 4 aromatic rings. The van der Waals surface area contributed by atoms with E-state index in [0.29, 0.717) is 55.0 Å². The fourth-order valence-corrected chi connectivity index (χ4v) is 6.61. The Morgan fingerprint density at radius 3 is 2.44 bits per heavy atom. The molecule has 2 aromatic carbocycles. The van der Waals surface area contributed by atoms with Gasteiger partial charge in [-0.25, -0.2) is 14.6 Å². The molecular formula is C40H52N6O6. The van der Waals surface area contributed by atoms with Gasteiger partial charge in [0.25, 0.3) is 0 Å². The molecule has 52 heavy (non-hydrogen) atoms. The van der Waals surface area contributed by atoms with E-state index >= 15 is 0 Å². The Morgan fingerprint density at radius 2 is 1.73 bits per heavy atom. The first-order chi connectivity index (χ1) is 24.8. The number of aromatic nitrogens is 3. The number of hydrogen-bond donors (Lipinski definition) is 4. The van der Waals surface area contributed by atoms with Crippen molar-refractivity contribution in [1.82, 2.24) is 25.2 Å². The lowest BCUT2D eigenvalue weighted by molar-refractivity contribution is -0.129. The molecule has 2 amide bonds. The lowest BCUT2D eigenvalue weighted by atomic mass is 9.77. The number of nitrogens with one attached hydrogen (secondary N) is 4. The fourth-order valence-electron chi connectivity index (χ4n) is 6.61. The molecule has 0 radical (unpaired) electrons. The number of alkyl carbamates (subject to hydrolysis) is 1. The standard InChI is InChI=1S/C40H52N6O6/c1-40(2,3)52-39(50)42-24-26-10-12-28(13-11-26)35(47)22-31(37(48)43-32-15-16-33-34(23-32)45-38(49)44-33)21-27-8-6-9-29(20-27)30-14-17-36(41-25-30)51-19-7-18-46(4)5/h6,8-9,14-17,20,23,25-26,28,31H,7,10-13,18-19,21-22,24H2,1-5H3,(H,42,50)(H,43,48)(H2,44,45,49)/t26?,28?,31-/m1/s1. The Bertz CT molecular complexity index is 1870. The normalized spacial score (nSPS) is 16.7. The fraction of sp³-hybridized carbons (Fsp3) is 0.475. The second-order valence-corrected chi connectivity index (χ2v) is 15.1. The predicted octanol–water partition coefficient (Wildman–Crippen LogP) is 6.34. The summed E-state index contributed by atoms with van der Waals surface area (Å²) in [6.07, 6.45) is 5.78. The van der Waals surface area contributed by atoms with E-state index < -0.39 is 17.6 Å². The SMILES string of the molecule is CN(C)CCCOc1ccc(-c2cccc(C[C@H](CC(=O)C3CCC(CNC(=O)OC(C)(C)C)CC3)C(=O)Nc3ccc4[nH]c(=O)[nH]c4c3)c2)cn1. The Hall–Kier alpha value is -4.97. The van der Waals surface area contributed by atoms with Crippen LogP contribution in [0.1, 0.15) is 64.9 Å². The molecule has 0 aliphatic heterocycles. The molecule has 0 saturated heterocycles. The number of pyridine rings is 1. The number of amides is 2. The van der Waals surface area contributed by atoms with E-state index in [1.165, 1.54) is 0 Å². The maximum atomic E-state index is 13.9. The van der Waals surface area contributed by atoms with Crippen LogP contribution in [0.5, 0.6) is 5.88 Å². The van der Waals surface area contributed by atoms with Gasteiger partial charge in [0.15, 0.2) is 0 Å². The van der Waals surface area contributed by atoms with E-state index in [1.54, 1.807) is 24.4 Å². The summed E-state index contributed by atoms with van der Waals surface area (Å²) in [5.41, 5.74) is 3.68. The molecule has 2 aromatic heterocycles. The summed E-state index contributed by atoms with van der Waals surface area (Å²) in [7, 11) is 4.06. The summed E-state index contributed by atoms with van der Waals surface area (Å²) in [6.45, 7) is 7.53. The average molecular weight is 713 g/mol. The molecule has 0 unspecified atom stereocenters. The van der Waals surface area contributed by atoms with Crippen molar-refractivity contribution in [2.24, 2.45) is 17.8 Å². The smallest absolute Gasteiger partial charge is 0.407 e. The van der Waals surface area contributed by atoms with Gasteiger partial charge in [-0.3, -0.25) is 9.59 Å². The van der Waals surface area contributed by atoms with E-state index in [-0.39, 0.29) is 35.6 Å². The van der Waals surface area contributed by atoms with Gasteiger partial charge in [0, 0.05) is 54.9 Å². The van der Waals surface area contributed by atoms with Crippen LogP contribution in [0.15, 0.2) is 65.6 Å². The first kappa shape index (κ1) is 38.3. The zero-order valence-electron chi connectivity index (χ0n) is 30.9. The van der Waals surface area contributed by atoms with Crippen LogP contribution in [-0.2, 0) is 20.7 Å². The van der Waals surface area contributed by atoms with Crippen LogP contribution < -0.4 is 21.1 Å². The van der Waals surface area contributed by atoms with E-state index in [2.05, 4.69) is 30.5 Å². The van der Waals surface area contributed by atoms with Gasteiger partial charge < -0.3 is 35.0 Å². The molecule has 1 aliphatic rings. The molecule has 2 heterocycles. The van der Waals surface area contributed by atoms with Crippen molar-refractivity contribution in [2.45, 2.75) is 71.3 Å². The number of ketones is 1. The molecule has 5 rings (SSSR count). The molecular weight excluding hydrogens is 660 g/mol. The van der Waals surface area contributed by atoms with Crippen LogP contribution in [0.2, 0.25) is 0 Å². The van der Waals surface area contributed by atoms with Crippen molar-refractivity contribution in [3.63, 3.8) is 0 Å². The maximum Gasteiger partial charge on any atom is 0.407 e. The number of aromatic amines is 2. The van der Waals surface area contributed by atoms with Crippen molar-refractivity contribution in [1.29, 1.82) is 0 Å². The molecule has 12 nitrogen and oxygen atoms in total. The van der Waals surface area contributed by atoms with Gasteiger partial charge in [-0.1, -0.05) is 24.3 Å². The highest BCUT2D eigenvalue weighted by Gasteiger charge is 2.31. The largest absolute Gasteiger partial charge is 0.478 e. The Balaban J connectivity index is 1.25. The number of fused-ring (bicyclic) bond motifs is 1. The minimum atomic E-state index is -0.619. The van der Waals surface area contributed by atoms with Crippen LogP contribution in [0.25, 0.3) is 22.2 Å². The highest BCUT2D eigenvalue weighted by atomic mass is 16.6. The lowest BCUT2D eigenvalue weighted by Gasteiger charge is -2.29. The third-order valence-electron chi connectivity index (χ3n) is 9.32. The number of ether oxygens (including phenoxy) is 2. The summed E-state index contributed by atoms with van der Waals surface area (Å²) < 4.78 is 11.2. The predicted molar refractivity (Wildman–Crippen MR) is 202 cm³/mol. The van der Waals surface area contributed by atoms with Gasteiger partial charge >= 0.3 is 11.8 Å². The molecule has 4 N–H and O–H groups in total. The second kappa shape index (κ2) is 17.5. The molecule has 1 saturated carbocycles. The van der Waals surface area contributed by atoms with E-state index in [4.69, 9.17) is 9.47 Å². The third kappa shape index (κ3) is 11.5. The van der Waals surface area contributed by atoms with Crippen molar-refractivity contribution < 1.29 is 23.9 Å². The van der Waals surface area contributed by atoms with E-state index in [9.17, 15) is 19.2 Å². The van der Waals surface area contributed by atoms with Crippen LogP contribution in [0, 0.1) is 17.8 Å². The number of anilines is 1. The number of Topliss-reactive ketones (excluding diaryl/α,β-unsaturated/α-hetero) is 1. The van der Waals surface area contributed by atoms with Gasteiger partial charge in [0.2, 0.25) is 11.8 Å². The summed E-state index contributed by atoms with van der Waals surface area (Å²) in [4.78, 5) is 63.6. The zero-order valence-corrected chi connectivity index (χ0v) is 30.9. The molecule has 0 bridgehead atoms. The van der Waals surface area contributed by atoms with Gasteiger partial charge in [-0.2, -0.15) is 0 Å². The number of hydrogen-bond acceptors (Lipinski definition) is 8. The van der Waals surface area contributed by atoms with Crippen LogP contribution in [0.3, 0.4) is 0 Å². The van der Waals surface area contributed by atoms with Crippen LogP contribution >= 0.6 is 0 Å². The second-order valence-electron chi connectivity index (χ2n) is 15.1. The summed E-state index contributed by atoms with van der Waals surface area (Å²) >= 11 is 0. The Labute approximate surface area is 305 Å². The first-order valence-electron chi connectivity index (χ1n) is 18.2. The van der Waals surface area contributed by atoms with E-state index in [0.717, 1.165) is 42.5 Å². The molecule has 0 spiro atoms. The number of rotatable bonds is 15. The Kier molecular flexibility index (Phi) is 12.9. The third-order valence-corrected chi connectivity index (χ3v) is 9.32. The number of imidazole rings is 1. The monoisotopic (exact) mass is 712 g/mol. The topological polar surface area (TPSA) is 159 Å². The molecule has 1 aliphatic carbocycles. The van der Waals surface area contributed by atoms with Crippen LogP contribution in [0.4, 0.5) is 10.5 Å². The number of benzene rings is 2. The Morgan fingerprint density at radius 1 is 0.962 bits per heavy atom. The highest BCUT2D eigenvalue weighted by Crippen LogP contribution is 2.32. The number of carbonyl (C=O) groups is 3. The van der Waals surface area contributed by atoms with Gasteiger partial charge in [0.1, 0.15) is 11.4 Å². The van der Waals surface area contributed by atoms with E-state index in [1.807, 2.05) is 71.3 Å². The van der Waals surface area contributed by atoms with Crippen molar-refractivity contribution in [2.75, 3.05) is 39.1 Å². The first-order valence-corrected chi connectivity index (χ1v) is 18.2. The summed E-state index contributed by atoms with van der Waals surface area (Å²) in [6, 6.07) is 17.0. The number of H-pyrrole nitrogens is 2. The average Bonchev–Trinajstić information content (AvgIpc) is 3.48. The van der Waals surface area contributed by atoms with Crippen molar-refractivity contribution in [3.8, 4) is 17.0 Å². The molecule has 12 heteroatoms. The minimum Gasteiger partial charge on any atom is -0.478 e. The molecule has 278 valence electrons. The maximum absolute atomic E-state index is 13.9. The van der Waals surface area contributed by atoms with Gasteiger partial charge in [-0.05, 0) is 115 Å². The summed E-state index contributed by atoms with van der Waals surface area (Å²) in [5.74, 6) is -0.105. The zero-order chi connectivity index (χ0) is 37.3. The van der Waals surface area contributed by atoms with Crippen molar-refractivity contribution in [3.05, 3.63) is 76.8 Å².